The Labute approximate surface area is 273 Å². The van der Waals surface area contributed by atoms with Crippen LogP contribution in [0.1, 0.15) is 141 Å². The van der Waals surface area contributed by atoms with Gasteiger partial charge in [-0.3, -0.25) is 9.48 Å². The number of ether oxygens (including phenoxy) is 1. The van der Waals surface area contributed by atoms with E-state index in [9.17, 15) is 20.1 Å². The minimum Gasteiger partial charge on any atom is -0.473 e. The monoisotopic (exact) mass is 629 g/mol. The van der Waals surface area contributed by atoms with Crippen molar-refractivity contribution in [2.24, 2.45) is 0 Å². The number of hydrogen-bond acceptors (Lipinski definition) is 6. The number of rotatable bonds is 26. The summed E-state index contributed by atoms with van der Waals surface area (Å²) in [6, 6.07) is 9.49. The number of carbonyl (C=O) groups excluding carboxylic acids is 1. The van der Waals surface area contributed by atoms with Crippen molar-refractivity contribution in [1.82, 2.24) is 14.7 Å². The van der Waals surface area contributed by atoms with E-state index in [-0.39, 0.29) is 31.5 Å². The molecule has 0 radical (unpaired) electrons. The van der Waals surface area contributed by atoms with Gasteiger partial charge in [0.15, 0.2) is 0 Å². The molecular weight excluding hydrogens is 566 g/mol. The number of aliphatic hydroxyl groups is 3. The lowest BCUT2D eigenvalue weighted by atomic mass is 10.0. The molecule has 1 amide bonds. The SMILES string of the molecule is CCCCCCCCCCCCCCCCCCN(CC(C)O)C(=O)c1c(OCC(C)O)nn(CC(C)O)c1-c1ccccc1. The molecule has 0 saturated carbocycles. The highest BCUT2D eigenvalue weighted by Gasteiger charge is 2.30. The Morgan fingerprint density at radius 1 is 0.756 bits per heavy atom. The van der Waals surface area contributed by atoms with Gasteiger partial charge in [0.1, 0.15) is 12.2 Å². The van der Waals surface area contributed by atoms with Crippen molar-refractivity contribution in [3.05, 3.63) is 35.9 Å². The summed E-state index contributed by atoms with van der Waals surface area (Å²) in [7, 11) is 0. The number of benzene rings is 1. The van der Waals surface area contributed by atoms with Crippen LogP contribution < -0.4 is 4.74 Å². The lowest BCUT2D eigenvalue weighted by Gasteiger charge is -2.25. The number of aliphatic hydroxyl groups excluding tert-OH is 3. The second-order valence-corrected chi connectivity index (χ2v) is 13.0. The fourth-order valence-corrected chi connectivity index (χ4v) is 5.81. The van der Waals surface area contributed by atoms with Crippen LogP contribution in [0.15, 0.2) is 30.3 Å². The van der Waals surface area contributed by atoms with E-state index in [2.05, 4.69) is 12.0 Å². The number of hydrogen-bond donors (Lipinski definition) is 3. The van der Waals surface area contributed by atoms with Gasteiger partial charge in [-0.25, -0.2) is 0 Å². The van der Waals surface area contributed by atoms with Gasteiger partial charge >= 0.3 is 0 Å². The highest BCUT2D eigenvalue weighted by molar-refractivity contribution is 6.02. The molecule has 3 atom stereocenters. The Morgan fingerprint density at radius 2 is 1.27 bits per heavy atom. The predicted molar refractivity (Wildman–Crippen MR) is 184 cm³/mol. The Bertz CT molecular complexity index is 1040. The zero-order valence-corrected chi connectivity index (χ0v) is 28.8. The average Bonchev–Trinajstić information content (AvgIpc) is 3.36. The molecular formula is C37H63N3O5. The molecule has 3 unspecified atom stereocenters. The van der Waals surface area contributed by atoms with Crippen LogP contribution in [0.5, 0.6) is 5.88 Å². The molecule has 256 valence electrons. The van der Waals surface area contributed by atoms with Crippen molar-refractivity contribution in [2.75, 3.05) is 19.7 Å². The minimum absolute atomic E-state index is 0.0181. The first kappa shape index (κ1) is 38.8. The van der Waals surface area contributed by atoms with E-state index in [0.717, 1.165) is 24.8 Å². The number of aromatic nitrogens is 2. The molecule has 0 saturated heterocycles. The van der Waals surface area contributed by atoms with Crippen molar-refractivity contribution in [3.8, 4) is 17.1 Å². The lowest BCUT2D eigenvalue weighted by molar-refractivity contribution is 0.0635. The van der Waals surface area contributed by atoms with Crippen LogP contribution in [0.25, 0.3) is 11.3 Å². The van der Waals surface area contributed by atoms with E-state index in [1.54, 1.807) is 30.4 Å². The summed E-state index contributed by atoms with van der Waals surface area (Å²) in [6.07, 6.45) is 18.4. The molecule has 2 rings (SSSR count). The molecule has 0 fully saturated rings. The lowest BCUT2D eigenvalue weighted by Crippen LogP contribution is -2.37. The first-order chi connectivity index (χ1) is 21.7. The van der Waals surface area contributed by atoms with Crippen molar-refractivity contribution in [1.29, 1.82) is 0 Å². The summed E-state index contributed by atoms with van der Waals surface area (Å²) in [6.45, 7) is 8.12. The van der Waals surface area contributed by atoms with Gasteiger partial charge in [-0.1, -0.05) is 134 Å². The molecule has 1 aromatic carbocycles. The van der Waals surface area contributed by atoms with E-state index in [0.29, 0.717) is 17.8 Å². The molecule has 0 aliphatic heterocycles. The maximum absolute atomic E-state index is 14.2. The van der Waals surface area contributed by atoms with Crippen molar-refractivity contribution < 1.29 is 24.9 Å². The van der Waals surface area contributed by atoms with E-state index in [1.165, 1.54) is 83.5 Å². The van der Waals surface area contributed by atoms with Gasteiger partial charge in [0, 0.05) is 18.7 Å². The standard InChI is InChI=1S/C37H63N3O5/c1-5-6-7-8-9-10-11-12-13-14-15-16-17-18-19-23-26-39(27-30(2)41)37(44)34-35(33-24-21-20-22-25-33)40(28-31(3)42)38-36(34)45-29-32(4)43/h20-22,24-25,30-32,41-43H,5-19,23,26-29H2,1-4H3. The maximum atomic E-state index is 14.2. The Balaban J connectivity index is 1.94. The summed E-state index contributed by atoms with van der Waals surface area (Å²) in [5, 5.41) is 35.0. The molecule has 8 heteroatoms. The normalized spacial score (nSPS) is 13.5. The zero-order valence-electron chi connectivity index (χ0n) is 28.8. The molecule has 0 spiro atoms. The van der Waals surface area contributed by atoms with Gasteiger partial charge in [-0.15, -0.1) is 5.10 Å². The van der Waals surface area contributed by atoms with Crippen LogP contribution in [-0.4, -0.2) is 73.9 Å². The third-order valence-corrected chi connectivity index (χ3v) is 8.13. The molecule has 2 aromatic rings. The molecule has 3 N–H and O–H groups in total. The zero-order chi connectivity index (χ0) is 32.9. The summed E-state index contributed by atoms with van der Waals surface area (Å²) in [4.78, 5) is 15.9. The fourth-order valence-electron chi connectivity index (χ4n) is 5.81. The second kappa shape index (κ2) is 23.0. The van der Waals surface area contributed by atoms with Crippen LogP contribution in [-0.2, 0) is 6.54 Å². The van der Waals surface area contributed by atoms with Gasteiger partial charge in [0.2, 0.25) is 5.88 Å². The predicted octanol–water partition coefficient (Wildman–Crippen LogP) is 7.78. The van der Waals surface area contributed by atoms with Crippen LogP contribution in [0.2, 0.25) is 0 Å². The second-order valence-electron chi connectivity index (χ2n) is 13.0. The van der Waals surface area contributed by atoms with Gasteiger partial charge in [-0.05, 0) is 27.2 Å². The van der Waals surface area contributed by atoms with Crippen molar-refractivity contribution in [2.45, 2.75) is 155 Å². The third-order valence-electron chi connectivity index (χ3n) is 8.13. The summed E-state index contributed by atoms with van der Waals surface area (Å²) < 4.78 is 7.47. The molecule has 0 aliphatic carbocycles. The van der Waals surface area contributed by atoms with Gasteiger partial charge in [0.05, 0.1) is 30.6 Å². The van der Waals surface area contributed by atoms with E-state index in [4.69, 9.17) is 4.74 Å². The third kappa shape index (κ3) is 15.6. The number of amides is 1. The Kier molecular flexibility index (Phi) is 19.8. The highest BCUT2D eigenvalue weighted by atomic mass is 16.5. The highest BCUT2D eigenvalue weighted by Crippen LogP contribution is 2.33. The molecule has 45 heavy (non-hydrogen) atoms. The van der Waals surface area contributed by atoms with Crippen LogP contribution in [0.4, 0.5) is 0 Å². The van der Waals surface area contributed by atoms with E-state index in [1.807, 2.05) is 30.3 Å². The average molecular weight is 630 g/mol. The molecule has 8 nitrogen and oxygen atoms in total. The van der Waals surface area contributed by atoms with Crippen LogP contribution in [0, 0.1) is 0 Å². The first-order valence-electron chi connectivity index (χ1n) is 17.9. The van der Waals surface area contributed by atoms with Crippen LogP contribution in [0.3, 0.4) is 0 Å². The molecule has 0 aliphatic rings. The summed E-state index contributed by atoms with van der Waals surface area (Å²) in [5.74, 6) is -0.142. The Hall–Kier alpha value is -2.42. The van der Waals surface area contributed by atoms with Crippen molar-refractivity contribution >= 4 is 5.91 Å². The first-order valence-corrected chi connectivity index (χ1v) is 17.9. The quantitative estimate of drug-likeness (QED) is 0.0918. The number of unbranched alkanes of at least 4 members (excludes halogenated alkanes) is 15. The molecule has 1 heterocycles. The van der Waals surface area contributed by atoms with E-state index >= 15 is 0 Å². The smallest absolute Gasteiger partial charge is 0.261 e. The van der Waals surface area contributed by atoms with Gasteiger partial charge in [-0.2, -0.15) is 0 Å². The van der Waals surface area contributed by atoms with Gasteiger partial charge < -0.3 is 25.0 Å². The summed E-state index contributed by atoms with van der Waals surface area (Å²) in [5.41, 5.74) is 1.63. The van der Waals surface area contributed by atoms with Crippen LogP contribution >= 0.6 is 0 Å². The molecule has 1 aromatic heterocycles. The number of carbonyl (C=O) groups is 1. The van der Waals surface area contributed by atoms with Crippen molar-refractivity contribution in [3.63, 3.8) is 0 Å². The minimum atomic E-state index is -0.742. The summed E-state index contributed by atoms with van der Waals surface area (Å²) >= 11 is 0. The Morgan fingerprint density at radius 3 is 1.73 bits per heavy atom. The molecule has 0 bridgehead atoms. The largest absolute Gasteiger partial charge is 0.473 e. The fraction of sp³-hybridized carbons (Fsp3) is 0.730. The number of nitrogens with zero attached hydrogens (tertiary/aromatic N) is 3. The topological polar surface area (TPSA) is 108 Å². The van der Waals surface area contributed by atoms with Gasteiger partial charge in [0.25, 0.3) is 5.91 Å². The van der Waals surface area contributed by atoms with E-state index < -0.39 is 18.3 Å². The maximum Gasteiger partial charge on any atom is 0.261 e.